The lowest BCUT2D eigenvalue weighted by Gasteiger charge is -2.27. The van der Waals surface area contributed by atoms with Crippen LogP contribution in [0.4, 0.5) is 0 Å². The fourth-order valence-electron chi connectivity index (χ4n) is 3.47. The van der Waals surface area contributed by atoms with E-state index in [0.29, 0.717) is 11.8 Å². The van der Waals surface area contributed by atoms with Gasteiger partial charge in [0.25, 0.3) is 0 Å². The van der Waals surface area contributed by atoms with Gasteiger partial charge in [-0.15, -0.1) is 12.4 Å². The van der Waals surface area contributed by atoms with Gasteiger partial charge in [-0.05, 0) is 23.6 Å². The molecule has 1 aromatic carbocycles. The number of nitrogens with zero attached hydrogens (tertiary/aromatic N) is 1. The van der Waals surface area contributed by atoms with Crippen molar-refractivity contribution in [2.45, 2.75) is 13.0 Å². The predicted octanol–water partition coefficient (Wildman–Crippen LogP) is 1.86. The van der Waals surface area contributed by atoms with Crippen molar-refractivity contribution >= 4 is 18.3 Å². The van der Waals surface area contributed by atoms with Crippen molar-refractivity contribution in [3.63, 3.8) is 0 Å². The van der Waals surface area contributed by atoms with Crippen LogP contribution in [0.25, 0.3) is 0 Å². The molecule has 2 aliphatic rings. The minimum atomic E-state index is 0. The van der Waals surface area contributed by atoms with Crippen molar-refractivity contribution in [1.82, 2.24) is 10.2 Å². The minimum absolute atomic E-state index is 0. The van der Waals surface area contributed by atoms with E-state index in [0.717, 1.165) is 25.4 Å². The number of hydrogen-bond acceptors (Lipinski definition) is 3. The zero-order chi connectivity index (χ0) is 13.4. The summed E-state index contributed by atoms with van der Waals surface area (Å²) in [4.78, 5) is 13.9. The highest BCUT2D eigenvalue weighted by atomic mass is 35.5. The van der Waals surface area contributed by atoms with Gasteiger partial charge in [0.05, 0.1) is 13.2 Å². The first-order valence-electron chi connectivity index (χ1n) is 6.82. The first kappa shape index (κ1) is 15.1. The number of ether oxygens (including phenoxy) is 1. The molecule has 0 unspecified atom stereocenters. The molecule has 0 saturated carbocycles. The number of amides is 1. The Morgan fingerprint density at radius 1 is 1.30 bits per heavy atom. The van der Waals surface area contributed by atoms with Crippen molar-refractivity contribution < 1.29 is 9.53 Å². The maximum absolute atomic E-state index is 11.9. The molecule has 0 bridgehead atoms. The maximum Gasteiger partial charge on any atom is 0.219 e. The molecule has 0 radical (unpaired) electrons. The Bertz CT molecular complexity index is 477. The van der Waals surface area contributed by atoms with Crippen LogP contribution in [-0.4, -0.2) is 37.6 Å². The third kappa shape index (κ3) is 2.50. The molecule has 1 aromatic rings. The molecule has 2 fully saturated rings. The first-order valence-corrected chi connectivity index (χ1v) is 6.82. The summed E-state index contributed by atoms with van der Waals surface area (Å²) >= 11 is 0. The summed E-state index contributed by atoms with van der Waals surface area (Å²) in [5.41, 5.74) is 1.22. The second-order valence-corrected chi connectivity index (χ2v) is 5.47. The summed E-state index contributed by atoms with van der Waals surface area (Å²) in [7, 11) is 1.67. The second-order valence-electron chi connectivity index (χ2n) is 5.47. The van der Waals surface area contributed by atoms with E-state index in [-0.39, 0.29) is 24.4 Å². The lowest BCUT2D eigenvalue weighted by atomic mass is 9.89. The summed E-state index contributed by atoms with van der Waals surface area (Å²) < 4.78 is 5.20. The molecule has 2 saturated heterocycles. The summed E-state index contributed by atoms with van der Waals surface area (Å²) in [6.45, 7) is 4.58. The number of hydrogen-bond donors (Lipinski definition) is 1. The van der Waals surface area contributed by atoms with Crippen LogP contribution in [0.2, 0.25) is 0 Å². The summed E-state index contributed by atoms with van der Waals surface area (Å²) in [6, 6.07) is 8.33. The highest BCUT2D eigenvalue weighted by Crippen LogP contribution is 2.42. The molecule has 0 aliphatic carbocycles. The van der Waals surface area contributed by atoms with Crippen LogP contribution in [0.15, 0.2) is 24.3 Å². The number of rotatable bonds is 2. The Hall–Kier alpha value is -1.26. The van der Waals surface area contributed by atoms with E-state index in [1.54, 1.807) is 14.0 Å². The molecule has 3 rings (SSSR count). The Morgan fingerprint density at radius 2 is 2.00 bits per heavy atom. The van der Waals surface area contributed by atoms with E-state index < -0.39 is 0 Å². The van der Waals surface area contributed by atoms with Gasteiger partial charge >= 0.3 is 0 Å². The van der Waals surface area contributed by atoms with Crippen LogP contribution >= 0.6 is 12.4 Å². The molecule has 110 valence electrons. The van der Waals surface area contributed by atoms with Crippen molar-refractivity contribution in [2.75, 3.05) is 26.7 Å². The maximum atomic E-state index is 11.9. The van der Waals surface area contributed by atoms with Crippen molar-refractivity contribution in [2.24, 2.45) is 11.8 Å². The van der Waals surface area contributed by atoms with E-state index in [4.69, 9.17) is 4.74 Å². The van der Waals surface area contributed by atoms with E-state index in [1.165, 1.54) is 5.56 Å². The smallest absolute Gasteiger partial charge is 0.219 e. The number of halogens is 1. The highest BCUT2D eigenvalue weighted by Gasteiger charge is 2.45. The SMILES string of the molecule is COc1ccc([C@H]2[C@@H]3CNC[C@@H]3CN2C(C)=O)cc1.Cl. The number of benzene rings is 1. The Balaban J connectivity index is 0.00000147. The largest absolute Gasteiger partial charge is 0.497 e. The van der Waals surface area contributed by atoms with Gasteiger partial charge in [-0.25, -0.2) is 0 Å². The van der Waals surface area contributed by atoms with Crippen LogP contribution in [0.3, 0.4) is 0 Å². The number of likely N-dealkylation sites (tertiary alicyclic amines) is 1. The quantitative estimate of drug-likeness (QED) is 0.906. The summed E-state index contributed by atoms with van der Waals surface area (Å²) in [6.07, 6.45) is 0. The van der Waals surface area contributed by atoms with Gasteiger partial charge in [0.15, 0.2) is 0 Å². The highest BCUT2D eigenvalue weighted by molar-refractivity contribution is 5.85. The van der Waals surface area contributed by atoms with Gasteiger partial charge in [0.1, 0.15) is 5.75 Å². The molecule has 0 aromatic heterocycles. The van der Waals surface area contributed by atoms with Crippen LogP contribution in [-0.2, 0) is 4.79 Å². The number of carbonyl (C=O) groups excluding carboxylic acids is 1. The minimum Gasteiger partial charge on any atom is -0.497 e. The summed E-state index contributed by atoms with van der Waals surface area (Å²) in [5.74, 6) is 2.17. The zero-order valence-corrected chi connectivity index (χ0v) is 12.7. The van der Waals surface area contributed by atoms with Crippen LogP contribution in [0.1, 0.15) is 18.5 Å². The van der Waals surface area contributed by atoms with Gasteiger partial charge in [-0.3, -0.25) is 4.79 Å². The van der Waals surface area contributed by atoms with Gasteiger partial charge in [-0.2, -0.15) is 0 Å². The van der Waals surface area contributed by atoms with Crippen molar-refractivity contribution in [3.8, 4) is 5.75 Å². The second kappa shape index (κ2) is 6.02. The standard InChI is InChI=1S/C15H20N2O2.ClH/c1-10(18)17-9-12-7-16-8-14(12)15(17)11-3-5-13(19-2)6-4-11;/h3-6,12,14-16H,7-9H2,1-2H3;1H/t12-,14-,15+;/m1./s1. The molecule has 4 nitrogen and oxygen atoms in total. The predicted molar refractivity (Wildman–Crippen MR) is 80.2 cm³/mol. The molecule has 5 heteroatoms. The van der Waals surface area contributed by atoms with E-state index >= 15 is 0 Å². The van der Waals surface area contributed by atoms with Gasteiger partial charge in [0, 0.05) is 32.5 Å². The lowest BCUT2D eigenvalue weighted by molar-refractivity contribution is -0.130. The van der Waals surface area contributed by atoms with Gasteiger partial charge in [0.2, 0.25) is 5.91 Å². The number of carbonyl (C=O) groups is 1. The molecule has 20 heavy (non-hydrogen) atoms. The van der Waals surface area contributed by atoms with Gasteiger partial charge in [-0.1, -0.05) is 12.1 Å². The zero-order valence-electron chi connectivity index (χ0n) is 11.8. The Labute approximate surface area is 125 Å². The number of methoxy groups -OCH3 is 1. The molecular weight excluding hydrogens is 276 g/mol. The fraction of sp³-hybridized carbons (Fsp3) is 0.533. The Morgan fingerprint density at radius 3 is 2.60 bits per heavy atom. The van der Waals surface area contributed by atoms with E-state index in [2.05, 4.69) is 17.4 Å². The van der Waals surface area contributed by atoms with Crippen LogP contribution < -0.4 is 10.1 Å². The third-order valence-electron chi connectivity index (χ3n) is 4.43. The van der Waals surface area contributed by atoms with Crippen LogP contribution in [0.5, 0.6) is 5.75 Å². The molecule has 1 N–H and O–H groups in total. The monoisotopic (exact) mass is 296 g/mol. The first-order chi connectivity index (χ1) is 9.20. The number of nitrogens with one attached hydrogen (secondary N) is 1. The molecule has 1 amide bonds. The van der Waals surface area contributed by atoms with Crippen LogP contribution in [0, 0.1) is 11.8 Å². The van der Waals surface area contributed by atoms with Crippen molar-refractivity contribution in [1.29, 1.82) is 0 Å². The van der Waals surface area contributed by atoms with Crippen molar-refractivity contribution in [3.05, 3.63) is 29.8 Å². The third-order valence-corrected chi connectivity index (χ3v) is 4.43. The molecule has 0 spiro atoms. The average molecular weight is 297 g/mol. The number of fused-ring (bicyclic) bond motifs is 1. The molecule has 3 atom stereocenters. The summed E-state index contributed by atoms with van der Waals surface area (Å²) in [5, 5.41) is 3.44. The van der Waals surface area contributed by atoms with E-state index in [1.807, 2.05) is 17.0 Å². The molecule has 2 heterocycles. The topological polar surface area (TPSA) is 41.6 Å². The normalized spacial score (nSPS) is 27.9. The van der Waals surface area contributed by atoms with E-state index in [9.17, 15) is 4.79 Å². The van der Waals surface area contributed by atoms with Gasteiger partial charge < -0.3 is 15.0 Å². The average Bonchev–Trinajstić information content (AvgIpc) is 2.98. The molecular formula is C15H21ClN2O2. The fourth-order valence-corrected chi connectivity index (χ4v) is 3.47. The molecule has 2 aliphatic heterocycles. The Kier molecular flexibility index (Phi) is 4.55. The lowest BCUT2D eigenvalue weighted by Crippen LogP contribution is -2.32.